The lowest BCUT2D eigenvalue weighted by Gasteiger charge is -2.18. The minimum absolute atomic E-state index is 0.0888. The van der Waals surface area contributed by atoms with E-state index in [2.05, 4.69) is 10.6 Å². The molecule has 0 fully saturated rings. The van der Waals surface area contributed by atoms with E-state index in [0.717, 1.165) is 4.31 Å². The number of aryl methyl sites for hydroxylation is 1. The average Bonchev–Trinajstić information content (AvgIpc) is 2.63. The molecule has 0 saturated heterocycles. The quantitative estimate of drug-likeness (QED) is 0.538. The summed E-state index contributed by atoms with van der Waals surface area (Å²) in [4.78, 5) is 23.0. The Labute approximate surface area is 163 Å². The highest BCUT2D eigenvalue weighted by Gasteiger charge is 2.22. The van der Waals surface area contributed by atoms with E-state index in [9.17, 15) is 23.3 Å². The maximum absolute atomic E-state index is 12.4. The van der Waals surface area contributed by atoms with Crippen LogP contribution in [0.25, 0.3) is 0 Å². The maximum atomic E-state index is 12.4. The summed E-state index contributed by atoms with van der Waals surface area (Å²) in [6.45, 7) is 3.26. The normalized spacial score (nSPS) is 12.5. The van der Waals surface area contributed by atoms with Crippen LogP contribution in [0.2, 0.25) is 0 Å². The van der Waals surface area contributed by atoms with Gasteiger partial charge in [0.25, 0.3) is 5.69 Å². The molecule has 0 bridgehead atoms. The average molecular weight is 406 g/mol. The van der Waals surface area contributed by atoms with Gasteiger partial charge in [0.05, 0.1) is 9.82 Å². The standard InChI is InChI=1S/C18H22N4O5S/c1-12-9-10-14(11-17(12)28(26,27)21(3)4)19-13(2)18(23)20-15-7-5-6-8-16(15)22(24)25/h5-11,13,19H,1-4H3,(H,20,23)/t13-/m0/s1. The molecule has 0 aliphatic carbocycles. The number of carbonyl (C=O) groups excluding carboxylic acids is 1. The molecule has 1 atom stereocenters. The van der Waals surface area contributed by atoms with Gasteiger partial charge in [0, 0.05) is 25.8 Å². The van der Waals surface area contributed by atoms with Crippen LogP contribution in [0.15, 0.2) is 47.4 Å². The second kappa shape index (κ2) is 8.36. The minimum Gasteiger partial charge on any atom is -0.374 e. The van der Waals surface area contributed by atoms with E-state index in [1.54, 1.807) is 32.0 Å². The molecule has 0 aromatic heterocycles. The van der Waals surface area contributed by atoms with Crippen molar-refractivity contribution in [3.8, 4) is 0 Å². The molecule has 2 aromatic carbocycles. The van der Waals surface area contributed by atoms with Gasteiger partial charge >= 0.3 is 0 Å². The molecule has 2 rings (SSSR count). The molecule has 0 spiro atoms. The number of hydrogen-bond acceptors (Lipinski definition) is 6. The lowest BCUT2D eigenvalue weighted by atomic mass is 10.2. The Morgan fingerprint density at radius 3 is 2.43 bits per heavy atom. The Hall–Kier alpha value is -2.98. The molecular weight excluding hydrogens is 384 g/mol. The van der Waals surface area contributed by atoms with E-state index in [-0.39, 0.29) is 16.3 Å². The lowest BCUT2D eigenvalue weighted by molar-refractivity contribution is -0.383. The summed E-state index contributed by atoms with van der Waals surface area (Å²) in [7, 11) is -0.748. The number of benzene rings is 2. The van der Waals surface area contributed by atoms with Gasteiger partial charge in [0.2, 0.25) is 15.9 Å². The number of amides is 1. The first-order valence-electron chi connectivity index (χ1n) is 8.38. The topological polar surface area (TPSA) is 122 Å². The van der Waals surface area contributed by atoms with Crippen molar-refractivity contribution in [1.82, 2.24) is 4.31 Å². The zero-order valence-corrected chi connectivity index (χ0v) is 16.8. The summed E-state index contributed by atoms with van der Waals surface area (Å²) in [5.74, 6) is -0.494. The number of nitrogens with one attached hydrogen (secondary N) is 2. The van der Waals surface area contributed by atoms with Crippen LogP contribution < -0.4 is 10.6 Å². The minimum atomic E-state index is -3.63. The Kier molecular flexibility index (Phi) is 6.37. The predicted octanol–water partition coefficient (Wildman–Crippen LogP) is 2.59. The monoisotopic (exact) mass is 406 g/mol. The van der Waals surface area contributed by atoms with Crippen LogP contribution in [0.4, 0.5) is 17.1 Å². The lowest BCUT2D eigenvalue weighted by Crippen LogP contribution is -2.32. The van der Waals surface area contributed by atoms with E-state index < -0.39 is 26.9 Å². The number of para-hydroxylation sites is 2. The Bertz CT molecular complexity index is 1000. The first kappa shape index (κ1) is 21.3. The van der Waals surface area contributed by atoms with Crippen molar-refractivity contribution in [3.05, 3.63) is 58.1 Å². The van der Waals surface area contributed by atoms with E-state index in [1.807, 2.05) is 0 Å². The van der Waals surface area contributed by atoms with Gasteiger partial charge in [-0.2, -0.15) is 0 Å². The van der Waals surface area contributed by atoms with E-state index in [4.69, 9.17) is 0 Å². The Morgan fingerprint density at radius 2 is 1.82 bits per heavy atom. The third kappa shape index (κ3) is 4.65. The number of nitrogens with zero attached hydrogens (tertiary/aromatic N) is 2. The van der Waals surface area contributed by atoms with Crippen molar-refractivity contribution < 1.29 is 18.1 Å². The van der Waals surface area contributed by atoms with Gasteiger partial charge in [-0.3, -0.25) is 14.9 Å². The molecule has 0 heterocycles. The Morgan fingerprint density at radius 1 is 1.18 bits per heavy atom. The highest BCUT2D eigenvalue weighted by Crippen LogP contribution is 2.25. The zero-order chi connectivity index (χ0) is 21.1. The van der Waals surface area contributed by atoms with Gasteiger partial charge in [-0.15, -0.1) is 0 Å². The zero-order valence-electron chi connectivity index (χ0n) is 16.0. The number of hydrogen-bond donors (Lipinski definition) is 2. The fourth-order valence-corrected chi connectivity index (χ4v) is 3.60. The molecule has 0 saturated carbocycles. The highest BCUT2D eigenvalue weighted by molar-refractivity contribution is 7.89. The summed E-state index contributed by atoms with van der Waals surface area (Å²) < 4.78 is 26.0. The summed E-state index contributed by atoms with van der Waals surface area (Å²) in [6.07, 6.45) is 0. The Balaban J connectivity index is 2.20. The predicted molar refractivity (Wildman–Crippen MR) is 107 cm³/mol. The summed E-state index contributed by atoms with van der Waals surface area (Å²) in [5.41, 5.74) is 0.899. The molecule has 150 valence electrons. The maximum Gasteiger partial charge on any atom is 0.292 e. The number of anilines is 2. The van der Waals surface area contributed by atoms with Crippen molar-refractivity contribution in [2.45, 2.75) is 24.8 Å². The van der Waals surface area contributed by atoms with Crippen molar-refractivity contribution in [3.63, 3.8) is 0 Å². The molecule has 0 unspecified atom stereocenters. The van der Waals surface area contributed by atoms with Crippen LogP contribution in [0, 0.1) is 17.0 Å². The smallest absolute Gasteiger partial charge is 0.292 e. The molecule has 1 amide bonds. The van der Waals surface area contributed by atoms with Crippen LogP contribution >= 0.6 is 0 Å². The summed E-state index contributed by atoms with van der Waals surface area (Å²) in [5, 5.41) is 16.5. The molecule has 0 aliphatic rings. The molecule has 0 aliphatic heterocycles. The number of nitro groups is 1. The summed E-state index contributed by atoms with van der Waals surface area (Å²) >= 11 is 0. The first-order chi connectivity index (χ1) is 13.0. The van der Waals surface area contributed by atoms with Crippen LogP contribution in [0.1, 0.15) is 12.5 Å². The molecule has 9 nitrogen and oxygen atoms in total. The first-order valence-corrected chi connectivity index (χ1v) is 9.82. The van der Waals surface area contributed by atoms with Crippen molar-refractivity contribution >= 4 is 33.0 Å². The largest absolute Gasteiger partial charge is 0.374 e. The fraction of sp³-hybridized carbons (Fsp3) is 0.278. The van der Waals surface area contributed by atoms with Crippen LogP contribution in [0.3, 0.4) is 0 Å². The van der Waals surface area contributed by atoms with Crippen molar-refractivity contribution in [2.24, 2.45) is 0 Å². The number of rotatable bonds is 7. The highest BCUT2D eigenvalue weighted by atomic mass is 32.2. The number of carbonyl (C=O) groups is 1. The van der Waals surface area contributed by atoms with Gasteiger partial charge < -0.3 is 10.6 Å². The van der Waals surface area contributed by atoms with Crippen molar-refractivity contribution in [1.29, 1.82) is 0 Å². The van der Waals surface area contributed by atoms with Gasteiger partial charge in [0.1, 0.15) is 11.7 Å². The third-order valence-electron chi connectivity index (χ3n) is 4.08. The van der Waals surface area contributed by atoms with Crippen LogP contribution in [-0.4, -0.2) is 43.7 Å². The van der Waals surface area contributed by atoms with E-state index in [0.29, 0.717) is 11.3 Å². The molecule has 10 heteroatoms. The van der Waals surface area contributed by atoms with Crippen LogP contribution in [0.5, 0.6) is 0 Å². The van der Waals surface area contributed by atoms with Crippen molar-refractivity contribution in [2.75, 3.05) is 24.7 Å². The van der Waals surface area contributed by atoms with Gasteiger partial charge in [-0.05, 0) is 37.6 Å². The SMILES string of the molecule is Cc1ccc(N[C@@H](C)C(=O)Nc2ccccc2[N+](=O)[O-])cc1S(=O)(=O)N(C)C. The summed E-state index contributed by atoms with van der Waals surface area (Å²) in [6, 6.07) is 9.83. The third-order valence-corrected chi connectivity index (χ3v) is 6.04. The molecule has 28 heavy (non-hydrogen) atoms. The van der Waals surface area contributed by atoms with Gasteiger partial charge in [-0.1, -0.05) is 18.2 Å². The van der Waals surface area contributed by atoms with Gasteiger partial charge in [-0.25, -0.2) is 12.7 Å². The molecule has 0 radical (unpaired) electrons. The van der Waals surface area contributed by atoms with Gasteiger partial charge in [0.15, 0.2) is 0 Å². The number of sulfonamides is 1. The van der Waals surface area contributed by atoms with E-state index in [1.165, 1.54) is 38.4 Å². The second-order valence-corrected chi connectivity index (χ2v) is 8.52. The van der Waals surface area contributed by atoms with E-state index >= 15 is 0 Å². The fourth-order valence-electron chi connectivity index (χ4n) is 2.46. The molecular formula is C18H22N4O5S. The molecule has 2 N–H and O–H groups in total. The van der Waals surface area contributed by atoms with Crippen LogP contribution in [-0.2, 0) is 14.8 Å². The molecule has 2 aromatic rings. The second-order valence-electron chi connectivity index (χ2n) is 6.40. The number of nitro benzene ring substituents is 1.